The Morgan fingerprint density at radius 2 is 2.17 bits per heavy atom. The highest BCUT2D eigenvalue weighted by atomic mass is 32.2. The Balaban J connectivity index is 2.87. The summed E-state index contributed by atoms with van der Waals surface area (Å²) in [6.07, 6.45) is 1.44. The van der Waals surface area contributed by atoms with E-state index in [9.17, 15) is 8.42 Å². The van der Waals surface area contributed by atoms with Gasteiger partial charge in [0.1, 0.15) is 5.82 Å². The quantitative estimate of drug-likeness (QED) is 0.516. The van der Waals surface area contributed by atoms with Gasteiger partial charge in [-0.25, -0.2) is 18.1 Å². The lowest BCUT2D eigenvalue weighted by Gasteiger charge is -2.22. The highest BCUT2D eigenvalue weighted by molar-refractivity contribution is 7.89. The molecule has 0 radical (unpaired) electrons. The molecule has 1 aromatic heterocycles. The lowest BCUT2D eigenvalue weighted by Crippen LogP contribution is -2.42. The monoisotopic (exact) mass is 273 g/mol. The van der Waals surface area contributed by atoms with E-state index in [-0.39, 0.29) is 17.4 Å². The Morgan fingerprint density at radius 1 is 1.61 bits per heavy atom. The van der Waals surface area contributed by atoms with Crippen LogP contribution < -0.4 is 10.5 Å². The predicted octanol–water partition coefficient (Wildman–Crippen LogP) is -0.0310. The van der Waals surface area contributed by atoms with Gasteiger partial charge >= 0.3 is 0 Å². The van der Waals surface area contributed by atoms with Crippen LogP contribution in [-0.2, 0) is 17.1 Å². The van der Waals surface area contributed by atoms with Crippen LogP contribution >= 0.6 is 0 Å². The van der Waals surface area contributed by atoms with E-state index in [1.54, 1.807) is 32.4 Å². The van der Waals surface area contributed by atoms with Gasteiger partial charge in [0.2, 0.25) is 0 Å². The van der Waals surface area contributed by atoms with E-state index in [1.807, 2.05) is 0 Å². The van der Waals surface area contributed by atoms with Crippen LogP contribution in [0.2, 0.25) is 0 Å². The van der Waals surface area contributed by atoms with Gasteiger partial charge < -0.3 is 10.3 Å². The van der Waals surface area contributed by atoms with Gasteiger partial charge in [0, 0.05) is 25.2 Å². The highest BCUT2D eigenvalue weighted by Gasteiger charge is 2.26. The maximum atomic E-state index is 12.0. The molecule has 0 saturated carbocycles. The maximum absolute atomic E-state index is 12.0. The Labute approximate surface area is 107 Å². The van der Waals surface area contributed by atoms with Crippen LogP contribution in [0.5, 0.6) is 0 Å². The Kier molecular flexibility index (Phi) is 3.82. The molecule has 18 heavy (non-hydrogen) atoms. The first-order valence-corrected chi connectivity index (χ1v) is 6.89. The summed E-state index contributed by atoms with van der Waals surface area (Å²) in [4.78, 5) is 3.95. The summed E-state index contributed by atoms with van der Waals surface area (Å²) >= 11 is 0. The SMILES string of the molecule is Cc1nc(S(=O)(=O)NCC(C)(C)C(=N)N)cn1C. The normalized spacial score (nSPS) is 12.7. The van der Waals surface area contributed by atoms with E-state index < -0.39 is 15.4 Å². The Hall–Kier alpha value is -1.41. The van der Waals surface area contributed by atoms with Crippen LogP contribution in [0.4, 0.5) is 0 Å². The highest BCUT2D eigenvalue weighted by Crippen LogP contribution is 2.14. The van der Waals surface area contributed by atoms with E-state index in [0.717, 1.165) is 0 Å². The first-order valence-electron chi connectivity index (χ1n) is 5.40. The molecule has 0 saturated heterocycles. The molecular formula is C10H19N5O2S. The van der Waals surface area contributed by atoms with Gasteiger partial charge in [-0.15, -0.1) is 0 Å². The zero-order chi connectivity index (χ0) is 14.1. The standard InChI is InChI=1S/C10H19N5O2S/c1-7-14-8(5-15(7)4)18(16,17)13-6-10(2,3)9(11)12/h5,13H,6H2,1-4H3,(H3,11,12). The number of hydrogen-bond acceptors (Lipinski definition) is 4. The maximum Gasteiger partial charge on any atom is 0.259 e. The van der Waals surface area contributed by atoms with E-state index in [1.165, 1.54) is 6.20 Å². The second kappa shape index (κ2) is 4.69. The number of nitrogens with zero attached hydrogens (tertiary/aromatic N) is 2. The van der Waals surface area contributed by atoms with E-state index in [4.69, 9.17) is 11.1 Å². The minimum Gasteiger partial charge on any atom is -0.387 e. The molecule has 1 rings (SSSR count). The van der Waals surface area contributed by atoms with Gasteiger partial charge in [0.05, 0.1) is 5.84 Å². The number of imidazole rings is 1. The number of aryl methyl sites for hydroxylation is 2. The van der Waals surface area contributed by atoms with Crippen molar-refractivity contribution in [2.75, 3.05) is 6.54 Å². The Morgan fingerprint density at radius 3 is 2.56 bits per heavy atom. The van der Waals surface area contributed by atoms with Crippen molar-refractivity contribution < 1.29 is 8.42 Å². The fraction of sp³-hybridized carbons (Fsp3) is 0.600. The van der Waals surface area contributed by atoms with E-state index >= 15 is 0 Å². The second-order valence-electron chi connectivity index (χ2n) is 4.86. The fourth-order valence-electron chi connectivity index (χ4n) is 1.10. The van der Waals surface area contributed by atoms with E-state index in [0.29, 0.717) is 5.82 Å². The number of aromatic nitrogens is 2. The third-order valence-corrected chi connectivity index (χ3v) is 4.07. The van der Waals surface area contributed by atoms with Crippen molar-refractivity contribution in [1.29, 1.82) is 5.41 Å². The molecule has 4 N–H and O–H groups in total. The Bertz CT molecular complexity index is 539. The summed E-state index contributed by atoms with van der Waals surface area (Å²) < 4.78 is 28.0. The van der Waals surface area contributed by atoms with Crippen molar-refractivity contribution in [1.82, 2.24) is 14.3 Å². The van der Waals surface area contributed by atoms with Gasteiger partial charge in [-0.1, -0.05) is 13.8 Å². The number of sulfonamides is 1. The van der Waals surface area contributed by atoms with Gasteiger partial charge in [-0.3, -0.25) is 5.41 Å². The summed E-state index contributed by atoms with van der Waals surface area (Å²) in [5, 5.41) is 7.34. The van der Waals surface area contributed by atoms with Gasteiger partial charge in [-0.05, 0) is 6.92 Å². The lowest BCUT2D eigenvalue weighted by atomic mass is 9.93. The molecule has 7 nitrogen and oxygen atoms in total. The van der Waals surface area contributed by atoms with Crippen LogP contribution in [0.15, 0.2) is 11.2 Å². The van der Waals surface area contributed by atoms with Crippen molar-refractivity contribution in [3.05, 3.63) is 12.0 Å². The molecule has 1 aromatic rings. The number of rotatable bonds is 5. The first-order chi connectivity index (χ1) is 8.06. The average Bonchev–Trinajstić information content (AvgIpc) is 2.57. The molecule has 0 aliphatic heterocycles. The first kappa shape index (κ1) is 14.7. The zero-order valence-electron chi connectivity index (χ0n) is 11.0. The van der Waals surface area contributed by atoms with Crippen LogP contribution in [0.25, 0.3) is 0 Å². The summed E-state index contributed by atoms with van der Waals surface area (Å²) in [7, 11) is -1.94. The van der Waals surface area contributed by atoms with Crippen LogP contribution in [0.1, 0.15) is 19.7 Å². The van der Waals surface area contributed by atoms with Gasteiger partial charge in [0.25, 0.3) is 10.0 Å². The summed E-state index contributed by atoms with van der Waals surface area (Å²) in [6.45, 7) is 5.17. The topological polar surface area (TPSA) is 114 Å². The van der Waals surface area contributed by atoms with Crippen LogP contribution in [0.3, 0.4) is 0 Å². The van der Waals surface area contributed by atoms with Crippen LogP contribution in [-0.4, -0.2) is 30.3 Å². The van der Waals surface area contributed by atoms with Crippen molar-refractivity contribution >= 4 is 15.9 Å². The fourth-order valence-corrected chi connectivity index (χ4v) is 2.35. The number of amidine groups is 1. The van der Waals surface area contributed by atoms with Gasteiger partial charge in [-0.2, -0.15) is 0 Å². The third-order valence-electron chi connectivity index (χ3n) is 2.80. The molecule has 0 amide bonds. The van der Waals surface area contributed by atoms with Crippen molar-refractivity contribution in [2.45, 2.75) is 25.8 Å². The number of nitrogens with two attached hydrogens (primary N) is 1. The minimum absolute atomic E-state index is 0.0261. The molecule has 0 spiro atoms. The molecule has 0 aliphatic rings. The molecule has 1 heterocycles. The molecule has 0 atom stereocenters. The predicted molar refractivity (Wildman–Crippen MR) is 68.8 cm³/mol. The zero-order valence-corrected chi connectivity index (χ0v) is 11.8. The molecule has 8 heteroatoms. The van der Waals surface area contributed by atoms with Crippen molar-refractivity contribution in [3.8, 4) is 0 Å². The van der Waals surface area contributed by atoms with Crippen molar-refractivity contribution in [3.63, 3.8) is 0 Å². The lowest BCUT2D eigenvalue weighted by molar-refractivity contribution is 0.492. The average molecular weight is 273 g/mol. The van der Waals surface area contributed by atoms with E-state index in [2.05, 4.69) is 9.71 Å². The van der Waals surface area contributed by atoms with Gasteiger partial charge in [0.15, 0.2) is 5.03 Å². The summed E-state index contributed by atoms with van der Waals surface area (Å²) in [5.41, 5.74) is 4.67. The second-order valence-corrected chi connectivity index (χ2v) is 6.57. The molecule has 0 aliphatic carbocycles. The summed E-state index contributed by atoms with van der Waals surface area (Å²) in [5.74, 6) is 0.545. The molecule has 102 valence electrons. The molecular weight excluding hydrogens is 254 g/mol. The number of nitrogens with one attached hydrogen (secondary N) is 2. The summed E-state index contributed by atoms with van der Waals surface area (Å²) in [6, 6.07) is 0. The molecule has 0 fully saturated rings. The molecule has 0 unspecified atom stereocenters. The minimum atomic E-state index is -3.66. The molecule has 0 aromatic carbocycles. The number of hydrogen-bond donors (Lipinski definition) is 3. The third kappa shape index (κ3) is 3.08. The smallest absolute Gasteiger partial charge is 0.259 e. The largest absolute Gasteiger partial charge is 0.387 e. The van der Waals surface area contributed by atoms with Crippen molar-refractivity contribution in [2.24, 2.45) is 18.2 Å². The molecule has 0 bridgehead atoms. The van der Waals surface area contributed by atoms with Crippen LogP contribution in [0, 0.1) is 17.7 Å².